The van der Waals surface area contributed by atoms with Crippen molar-refractivity contribution in [3.63, 3.8) is 0 Å². The number of piperidine rings is 1. The van der Waals surface area contributed by atoms with Crippen molar-refractivity contribution in [1.29, 1.82) is 0 Å². The summed E-state index contributed by atoms with van der Waals surface area (Å²) in [6.45, 7) is 7.97. The fraction of sp³-hybridized carbons (Fsp3) is 0.417. The maximum absolute atomic E-state index is 13.5. The maximum Gasteiger partial charge on any atom is 0.251 e. The standard InChI is InChI=1S/C36H43BrF2N11O2P/c1-47-21-23(19-43-47)25-17-29(31(52-2)18-30(25)50-11-7-24(8-12-50)49-15-13-48(14-16-49)22-32(38)39)45-36-42-20-26(37)35(46-36)44-28-6-5-27-33(41-10-9-40-27)34(28)53(3,4)51/h5-6,9-10,17-21,24,32H,7-8,11-16,22H2,1-4H3,(H2,42,44,45,46). The van der Waals surface area contributed by atoms with E-state index in [0.717, 1.165) is 55.8 Å². The highest BCUT2D eigenvalue weighted by Gasteiger charge is 2.30. The number of nitrogens with one attached hydrogen (secondary N) is 2. The summed E-state index contributed by atoms with van der Waals surface area (Å²) in [6, 6.07) is 8.20. The van der Waals surface area contributed by atoms with Gasteiger partial charge in [0.15, 0.2) is 0 Å². The van der Waals surface area contributed by atoms with Crippen molar-refractivity contribution in [3.8, 4) is 16.9 Å². The quantitative estimate of drug-likeness (QED) is 0.148. The molecule has 2 aromatic carbocycles. The summed E-state index contributed by atoms with van der Waals surface area (Å²) in [5, 5.41) is 11.8. The van der Waals surface area contributed by atoms with Gasteiger partial charge in [-0.15, -0.1) is 0 Å². The summed E-state index contributed by atoms with van der Waals surface area (Å²) >= 11 is 3.58. The van der Waals surface area contributed by atoms with Gasteiger partial charge in [0.05, 0.1) is 46.5 Å². The number of rotatable bonds is 11. The summed E-state index contributed by atoms with van der Waals surface area (Å²) in [4.78, 5) is 25.0. The van der Waals surface area contributed by atoms with E-state index in [1.807, 2.05) is 42.5 Å². The van der Waals surface area contributed by atoms with Crippen LogP contribution in [0.5, 0.6) is 5.75 Å². The highest BCUT2D eigenvalue weighted by Crippen LogP contribution is 2.43. The summed E-state index contributed by atoms with van der Waals surface area (Å²) in [5.74, 6) is 1.42. The van der Waals surface area contributed by atoms with Gasteiger partial charge < -0.3 is 24.8 Å². The second kappa shape index (κ2) is 15.6. The molecule has 13 nitrogen and oxygen atoms in total. The number of nitrogens with zero attached hydrogens (tertiary/aromatic N) is 9. The monoisotopic (exact) mass is 809 g/mol. The van der Waals surface area contributed by atoms with Gasteiger partial charge in [0, 0.05) is 100 Å². The molecule has 2 fully saturated rings. The molecule has 2 N–H and O–H groups in total. The second-order valence-corrected chi connectivity index (χ2v) is 17.8. The van der Waals surface area contributed by atoms with E-state index in [2.05, 4.69) is 62.5 Å². The predicted octanol–water partition coefficient (Wildman–Crippen LogP) is 6.18. The van der Waals surface area contributed by atoms with Crippen LogP contribution in [0.1, 0.15) is 12.8 Å². The molecule has 2 aliphatic rings. The number of fused-ring (bicyclic) bond motifs is 1. The molecule has 2 aliphatic heterocycles. The van der Waals surface area contributed by atoms with E-state index in [1.54, 1.807) is 43.7 Å². The topological polar surface area (TPSA) is 129 Å². The van der Waals surface area contributed by atoms with E-state index in [4.69, 9.17) is 9.72 Å². The van der Waals surface area contributed by atoms with Gasteiger partial charge >= 0.3 is 0 Å². The zero-order valence-corrected chi connectivity index (χ0v) is 32.6. The van der Waals surface area contributed by atoms with Crippen LogP contribution >= 0.6 is 23.1 Å². The van der Waals surface area contributed by atoms with E-state index < -0.39 is 13.6 Å². The van der Waals surface area contributed by atoms with Crippen molar-refractivity contribution in [2.45, 2.75) is 25.3 Å². The normalized spacial score (nSPS) is 16.4. The molecule has 0 aliphatic carbocycles. The van der Waals surface area contributed by atoms with Crippen LogP contribution in [-0.2, 0) is 11.6 Å². The maximum atomic E-state index is 13.5. The molecule has 0 saturated carbocycles. The first-order chi connectivity index (χ1) is 25.5. The van der Waals surface area contributed by atoms with Crippen molar-refractivity contribution in [2.75, 3.05) is 81.8 Å². The molecule has 280 valence electrons. The van der Waals surface area contributed by atoms with Crippen LogP contribution in [0.2, 0.25) is 0 Å². The molecular weight excluding hydrogens is 767 g/mol. The predicted molar refractivity (Wildman–Crippen MR) is 209 cm³/mol. The number of hydrogen-bond acceptors (Lipinski definition) is 12. The van der Waals surface area contributed by atoms with Crippen LogP contribution < -0.4 is 25.6 Å². The largest absolute Gasteiger partial charge is 0.494 e. The second-order valence-electron chi connectivity index (χ2n) is 13.8. The number of piperazine rings is 1. The van der Waals surface area contributed by atoms with Crippen molar-refractivity contribution < 1.29 is 18.1 Å². The fourth-order valence-corrected chi connectivity index (χ4v) is 8.98. The highest BCUT2D eigenvalue weighted by atomic mass is 79.9. The third-order valence-corrected chi connectivity index (χ3v) is 12.0. The number of aromatic nitrogens is 6. The number of benzene rings is 2. The Bertz CT molecular complexity index is 2130. The minimum Gasteiger partial charge on any atom is -0.494 e. The third-order valence-electron chi connectivity index (χ3n) is 9.85. The molecule has 0 bridgehead atoms. The van der Waals surface area contributed by atoms with Crippen LogP contribution in [0.15, 0.2) is 59.7 Å². The average Bonchev–Trinajstić information content (AvgIpc) is 3.58. The van der Waals surface area contributed by atoms with Crippen LogP contribution in [0.4, 0.5) is 37.6 Å². The fourth-order valence-electron chi connectivity index (χ4n) is 7.30. The molecule has 3 aromatic heterocycles. The Labute approximate surface area is 315 Å². The number of methoxy groups -OCH3 is 1. The summed E-state index contributed by atoms with van der Waals surface area (Å²) in [6.07, 6.45) is 8.37. The van der Waals surface area contributed by atoms with Gasteiger partial charge in [-0.05, 0) is 60.3 Å². The van der Waals surface area contributed by atoms with Crippen molar-refractivity contribution in [2.24, 2.45) is 7.05 Å². The van der Waals surface area contributed by atoms with Crippen LogP contribution in [0.25, 0.3) is 22.2 Å². The molecule has 0 spiro atoms. The number of anilines is 5. The van der Waals surface area contributed by atoms with Crippen LogP contribution in [0.3, 0.4) is 0 Å². The lowest BCUT2D eigenvalue weighted by Crippen LogP contribution is -2.53. The molecule has 0 atom stereocenters. The van der Waals surface area contributed by atoms with Crippen molar-refractivity contribution in [3.05, 3.63) is 59.7 Å². The summed E-state index contributed by atoms with van der Waals surface area (Å²) in [7, 11) is 0.744. The average molecular weight is 811 g/mol. The van der Waals surface area contributed by atoms with E-state index in [1.165, 1.54) is 0 Å². The van der Waals surface area contributed by atoms with Gasteiger partial charge in [0.2, 0.25) is 5.95 Å². The molecule has 0 unspecified atom stereocenters. The molecule has 7 rings (SSSR count). The molecular formula is C36H43BrF2N11O2P. The number of ether oxygens (including phenoxy) is 1. The molecule has 5 heterocycles. The minimum absolute atomic E-state index is 0.147. The smallest absolute Gasteiger partial charge is 0.251 e. The third kappa shape index (κ3) is 8.30. The zero-order valence-electron chi connectivity index (χ0n) is 30.1. The molecule has 5 aromatic rings. The molecule has 2 saturated heterocycles. The molecule has 17 heteroatoms. The Morgan fingerprint density at radius 1 is 0.981 bits per heavy atom. The van der Waals surface area contributed by atoms with E-state index in [0.29, 0.717) is 68.8 Å². The van der Waals surface area contributed by atoms with E-state index in [9.17, 15) is 13.3 Å². The Morgan fingerprint density at radius 3 is 2.42 bits per heavy atom. The minimum atomic E-state index is -2.79. The lowest BCUT2D eigenvalue weighted by molar-refractivity contribution is 0.0392. The van der Waals surface area contributed by atoms with Crippen molar-refractivity contribution >= 4 is 68.2 Å². The summed E-state index contributed by atoms with van der Waals surface area (Å²) < 4.78 is 47.7. The summed E-state index contributed by atoms with van der Waals surface area (Å²) in [5.41, 5.74) is 5.52. The first-order valence-electron chi connectivity index (χ1n) is 17.5. The van der Waals surface area contributed by atoms with Gasteiger partial charge in [0.1, 0.15) is 24.2 Å². The SMILES string of the molecule is COc1cc(N2CCC(N3CCN(CC(F)F)CC3)CC2)c(-c2cnn(C)c2)cc1Nc1ncc(Br)c(Nc2ccc3nccnc3c2P(C)(C)=O)n1. The van der Waals surface area contributed by atoms with Gasteiger partial charge in [-0.3, -0.25) is 24.4 Å². The van der Waals surface area contributed by atoms with Crippen LogP contribution in [0, 0.1) is 0 Å². The first kappa shape index (κ1) is 37.1. The van der Waals surface area contributed by atoms with E-state index in [-0.39, 0.29) is 6.54 Å². The molecule has 0 amide bonds. The molecule has 0 radical (unpaired) electrons. The lowest BCUT2D eigenvalue weighted by atomic mass is 9.98. The lowest BCUT2D eigenvalue weighted by Gasteiger charge is -2.43. The zero-order chi connectivity index (χ0) is 37.3. The number of alkyl halides is 2. The Morgan fingerprint density at radius 2 is 1.74 bits per heavy atom. The van der Waals surface area contributed by atoms with Crippen molar-refractivity contribution in [1.82, 2.24) is 39.5 Å². The Kier molecular flexibility index (Phi) is 10.9. The molecule has 53 heavy (non-hydrogen) atoms. The van der Waals surface area contributed by atoms with Gasteiger partial charge in [-0.25, -0.2) is 13.8 Å². The highest BCUT2D eigenvalue weighted by molar-refractivity contribution is 9.10. The van der Waals surface area contributed by atoms with Gasteiger partial charge in [-0.1, -0.05) is 0 Å². The van der Waals surface area contributed by atoms with Gasteiger partial charge in [-0.2, -0.15) is 10.1 Å². The number of aryl methyl sites for hydroxylation is 1. The van der Waals surface area contributed by atoms with Crippen LogP contribution in [-0.4, -0.2) is 118 Å². The number of hydrogen-bond donors (Lipinski definition) is 2. The Hall–Kier alpha value is -4.24. The Balaban J connectivity index is 1.14. The van der Waals surface area contributed by atoms with Gasteiger partial charge in [0.25, 0.3) is 6.43 Å². The number of halogens is 3. The van der Waals surface area contributed by atoms with E-state index >= 15 is 0 Å². The first-order valence-corrected chi connectivity index (χ1v) is 20.9.